The summed E-state index contributed by atoms with van der Waals surface area (Å²) in [5.41, 5.74) is 4.36. The largest absolute Gasteiger partial charge is 0.309 e. The maximum absolute atomic E-state index is 2.53. The molecule has 19 heavy (non-hydrogen) atoms. The van der Waals surface area contributed by atoms with Gasteiger partial charge in [0, 0.05) is 12.5 Å². The normalized spacial score (nSPS) is 26.8. The number of likely N-dealkylation sites (N-methyl/N-ethyl adjacent to an activating group) is 1. The highest BCUT2D eigenvalue weighted by Crippen LogP contribution is 2.48. The van der Waals surface area contributed by atoms with E-state index in [0.717, 1.165) is 0 Å². The summed E-state index contributed by atoms with van der Waals surface area (Å²) in [5, 5.41) is 2.20. The summed E-state index contributed by atoms with van der Waals surface area (Å²) in [5.74, 6) is 0.673. The monoisotopic (exact) mass is 274 g/mol. The quantitative estimate of drug-likeness (QED) is 0.758. The second kappa shape index (κ2) is 5.22. The van der Waals surface area contributed by atoms with Crippen molar-refractivity contribution in [1.29, 1.82) is 0 Å². The van der Waals surface area contributed by atoms with E-state index in [4.69, 9.17) is 0 Å². The highest BCUT2D eigenvalue weighted by Gasteiger charge is 2.41. The Bertz CT molecular complexity index is 498. The van der Waals surface area contributed by atoms with Gasteiger partial charge in [-0.05, 0) is 62.8 Å². The summed E-state index contributed by atoms with van der Waals surface area (Å²) < 4.78 is 2.53. The number of rotatable bonds is 2. The SMILES string of the molecule is C/C=C/SN1c2ccc(C)cc2C2CN(C)CCC21. The molecule has 2 heterocycles. The number of benzene rings is 1. The summed E-state index contributed by atoms with van der Waals surface area (Å²) in [7, 11) is 2.24. The zero-order chi connectivity index (χ0) is 13.4. The minimum absolute atomic E-state index is 0.661. The van der Waals surface area contributed by atoms with Gasteiger partial charge in [0.25, 0.3) is 0 Å². The summed E-state index contributed by atoms with van der Waals surface area (Å²) in [6.45, 7) is 6.68. The van der Waals surface area contributed by atoms with E-state index < -0.39 is 0 Å². The lowest BCUT2D eigenvalue weighted by Gasteiger charge is -2.36. The average Bonchev–Trinajstić information content (AvgIpc) is 2.69. The maximum Gasteiger partial charge on any atom is 0.0512 e. The van der Waals surface area contributed by atoms with Crippen molar-refractivity contribution in [3.8, 4) is 0 Å². The Morgan fingerprint density at radius 3 is 3.00 bits per heavy atom. The van der Waals surface area contributed by atoms with Crippen molar-refractivity contribution in [3.05, 3.63) is 40.8 Å². The molecule has 0 N–H and O–H groups in total. The number of hydrogen-bond acceptors (Lipinski definition) is 3. The number of piperidine rings is 1. The second-order valence-corrected chi connectivity index (χ2v) is 6.56. The van der Waals surface area contributed by atoms with Crippen molar-refractivity contribution in [1.82, 2.24) is 4.90 Å². The predicted molar refractivity (Wildman–Crippen MR) is 84.7 cm³/mol. The van der Waals surface area contributed by atoms with E-state index in [9.17, 15) is 0 Å². The van der Waals surface area contributed by atoms with Gasteiger partial charge in [-0.2, -0.15) is 0 Å². The van der Waals surface area contributed by atoms with E-state index in [-0.39, 0.29) is 0 Å². The predicted octanol–water partition coefficient (Wildman–Crippen LogP) is 3.78. The van der Waals surface area contributed by atoms with E-state index in [2.05, 4.69) is 59.8 Å². The molecule has 102 valence electrons. The van der Waals surface area contributed by atoms with Crippen LogP contribution in [0.25, 0.3) is 0 Å². The number of aryl methyl sites for hydroxylation is 1. The van der Waals surface area contributed by atoms with Crippen LogP contribution in [-0.4, -0.2) is 31.1 Å². The first-order valence-electron chi connectivity index (χ1n) is 7.07. The molecule has 3 rings (SSSR count). The van der Waals surface area contributed by atoms with Crippen molar-refractivity contribution in [2.75, 3.05) is 24.4 Å². The maximum atomic E-state index is 2.53. The van der Waals surface area contributed by atoms with Crippen LogP contribution in [0.2, 0.25) is 0 Å². The second-order valence-electron chi connectivity index (χ2n) is 5.69. The number of likely N-dealkylation sites (tertiary alicyclic amines) is 1. The topological polar surface area (TPSA) is 6.48 Å². The Hall–Kier alpha value is -0.930. The fourth-order valence-corrected chi connectivity index (χ4v) is 4.24. The lowest BCUT2D eigenvalue weighted by atomic mass is 9.89. The van der Waals surface area contributed by atoms with Crippen LogP contribution in [0.1, 0.15) is 30.4 Å². The molecule has 0 radical (unpaired) electrons. The molecule has 0 saturated carbocycles. The van der Waals surface area contributed by atoms with Crippen LogP contribution in [0.4, 0.5) is 5.69 Å². The van der Waals surface area contributed by atoms with Gasteiger partial charge in [-0.3, -0.25) is 0 Å². The van der Waals surface area contributed by atoms with Crippen LogP contribution in [-0.2, 0) is 0 Å². The third-order valence-corrected chi connectivity index (χ3v) is 5.30. The summed E-state index contributed by atoms with van der Waals surface area (Å²) in [4.78, 5) is 2.47. The first kappa shape index (κ1) is 13.1. The molecule has 0 aliphatic carbocycles. The minimum Gasteiger partial charge on any atom is -0.309 e. The van der Waals surface area contributed by atoms with E-state index in [1.54, 1.807) is 5.56 Å². The van der Waals surface area contributed by atoms with Crippen LogP contribution < -0.4 is 4.31 Å². The number of nitrogens with zero attached hydrogens (tertiary/aromatic N) is 2. The van der Waals surface area contributed by atoms with Gasteiger partial charge in [0.05, 0.1) is 11.7 Å². The molecule has 1 fully saturated rings. The van der Waals surface area contributed by atoms with Crippen LogP contribution in [0.15, 0.2) is 29.7 Å². The lowest BCUT2D eigenvalue weighted by Crippen LogP contribution is -2.42. The first-order chi connectivity index (χ1) is 9.20. The molecule has 2 nitrogen and oxygen atoms in total. The molecular formula is C16H22N2S. The molecule has 2 aliphatic rings. The number of fused-ring (bicyclic) bond motifs is 3. The first-order valence-corrected chi connectivity index (χ1v) is 7.90. The molecule has 0 bridgehead atoms. The molecule has 0 amide bonds. The summed E-state index contributed by atoms with van der Waals surface area (Å²) >= 11 is 1.85. The highest BCUT2D eigenvalue weighted by molar-refractivity contribution is 8.03. The van der Waals surface area contributed by atoms with Crippen molar-refractivity contribution >= 4 is 17.6 Å². The number of allylic oxidation sites excluding steroid dienone is 1. The Balaban J connectivity index is 1.99. The molecule has 0 aromatic heterocycles. The zero-order valence-electron chi connectivity index (χ0n) is 12.0. The molecule has 1 aromatic carbocycles. The van der Waals surface area contributed by atoms with Crippen molar-refractivity contribution in [2.24, 2.45) is 0 Å². The molecule has 1 saturated heterocycles. The Morgan fingerprint density at radius 1 is 1.37 bits per heavy atom. The number of anilines is 1. The van der Waals surface area contributed by atoms with Gasteiger partial charge in [0.1, 0.15) is 0 Å². The Morgan fingerprint density at radius 2 is 2.21 bits per heavy atom. The Labute approximate surface area is 120 Å². The summed E-state index contributed by atoms with van der Waals surface area (Å²) in [6.07, 6.45) is 3.39. The molecule has 2 unspecified atom stereocenters. The fraction of sp³-hybridized carbons (Fsp3) is 0.500. The third kappa shape index (κ3) is 2.30. The zero-order valence-corrected chi connectivity index (χ0v) is 12.8. The van der Waals surface area contributed by atoms with Gasteiger partial charge in [0.2, 0.25) is 0 Å². The highest BCUT2D eigenvalue weighted by atomic mass is 32.2. The van der Waals surface area contributed by atoms with E-state index >= 15 is 0 Å². The lowest BCUT2D eigenvalue weighted by molar-refractivity contribution is 0.238. The van der Waals surface area contributed by atoms with Crippen LogP contribution >= 0.6 is 11.9 Å². The third-order valence-electron chi connectivity index (χ3n) is 4.21. The van der Waals surface area contributed by atoms with Crippen LogP contribution in [0, 0.1) is 6.92 Å². The van der Waals surface area contributed by atoms with E-state index in [1.807, 2.05) is 11.9 Å². The smallest absolute Gasteiger partial charge is 0.0512 e. The number of hydrogen-bond donors (Lipinski definition) is 0. The standard InChI is InChI=1S/C16H22N2S/c1-4-9-19-18-15-6-5-12(2)10-13(15)14-11-17(3)8-7-16(14)18/h4-6,9-10,14,16H,7-8,11H2,1-3H3/b9-4+. The van der Waals surface area contributed by atoms with Crippen molar-refractivity contribution < 1.29 is 0 Å². The van der Waals surface area contributed by atoms with Gasteiger partial charge in [-0.15, -0.1) is 0 Å². The molecule has 1 aromatic rings. The van der Waals surface area contributed by atoms with Crippen LogP contribution in [0.3, 0.4) is 0 Å². The summed E-state index contributed by atoms with van der Waals surface area (Å²) in [6, 6.07) is 7.60. The van der Waals surface area contributed by atoms with Gasteiger partial charge in [0.15, 0.2) is 0 Å². The minimum atomic E-state index is 0.661. The Kier molecular flexibility index (Phi) is 3.59. The van der Waals surface area contributed by atoms with Gasteiger partial charge < -0.3 is 9.21 Å². The van der Waals surface area contributed by atoms with Crippen molar-refractivity contribution in [3.63, 3.8) is 0 Å². The van der Waals surface area contributed by atoms with Crippen molar-refractivity contribution in [2.45, 2.75) is 32.2 Å². The molecule has 2 aliphatic heterocycles. The average molecular weight is 274 g/mol. The van der Waals surface area contributed by atoms with Gasteiger partial charge >= 0.3 is 0 Å². The van der Waals surface area contributed by atoms with E-state index in [1.165, 1.54) is 30.8 Å². The van der Waals surface area contributed by atoms with Crippen LogP contribution in [0.5, 0.6) is 0 Å². The van der Waals surface area contributed by atoms with E-state index in [0.29, 0.717) is 12.0 Å². The van der Waals surface area contributed by atoms with Gasteiger partial charge in [-0.1, -0.05) is 23.8 Å². The molecular weight excluding hydrogens is 252 g/mol. The molecule has 0 spiro atoms. The fourth-order valence-electron chi connectivity index (χ4n) is 3.30. The molecule has 3 heteroatoms. The molecule has 2 atom stereocenters. The van der Waals surface area contributed by atoms with Gasteiger partial charge in [-0.25, -0.2) is 0 Å².